The second-order valence-corrected chi connectivity index (χ2v) is 5.25. The van der Waals surface area contributed by atoms with Crippen LogP contribution < -0.4 is 5.32 Å². The van der Waals surface area contributed by atoms with Crippen molar-refractivity contribution in [3.8, 4) is 0 Å². The van der Waals surface area contributed by atoms with Crippen LogP contribution in [-0.2, 0) is 18.4 Å². The van der Waals surface area contributed by atoms with Gasteiger partial charge in [-0.15, -0.1) is 0 Å². The number of carboxylic acid groups (broad SMARTS) is 1. The van der Waals surface area contributed by atoms with Gasteiger partial charge in [-0.05, 0) is 18.9 Å². The van der Waals surface area contributed by atoms with Crippen molar-refractivity contribution >= 4 is 12.0 Å². The molecule has 2 heterocycles. The molecule has 0 bridgehead atoms. The maximum atomic E-state index is 12.0. The quantitative estimate of drug-likeness (QED) is 0.854. The molecule has 1 saturated heterocycles. The molecule has 7 nitrogen and oxygen atoms in total. The number of rotatable bonds is 4. The molecule has 0 saturated carbocycles. The lowest BCUT2D eigenvalue weighted by molar-refractivity contribution is -0.148. The molecule has 1 atom stereocenters. The predicted octanol–water partition coefficient (Wildman–Crippen LogP) is 0.816. The van der Waals surface area contributed by atoms with Crippen LogP contribution >= 0.6 is 0 Å². The number of aliphatic carboxylic acids is 1. The highest BCUT2D eigenvalue weighted by atomic mass is 16.4. The van der Waals surface area contributed by atoms with Gasteiger partial charge < -0.3 is 15.3 Å². The van der Waals surface area contributed by atoms with Crippen LogP contribution in [0.4, 0.5) is 4.79 Å². The third-order valence-electron chi connectivity index (χ3n) is 3.96. The molecule has 1 aromatic rings. The normalized spacial score (nSPS) is 22.0. The molecule has 2 rings (SSSR count). The monoisotopic (exact) mass is 280 g/mol. The van der Waals surface area contributed by atoms with Gasteiger partial charge >= 0.3 is 12.0 Å². The first kappa shape index (κ1) is 14.4. The molecule has 1 unspecified atom stereocenters. The van der Waals surface area contributed by atoms with Gasteiger partial charge in [-0.2, -0.15) is 5.10 Å². The zero-order valence-corrected chi connectivity index (χ0v) is 11.8. The van der Waals surface area contributed by atoms with Crippen molar-refractivity contribution in [1.82, 2.24) is 20.0 Å². The SMILES string of the molecule is CCC1(C(=O)O)CCN(C(=O)NCc2ccn(C)n2)C1. The highest BCUT2D eigenvalue weighted by molar-refractivity contribution is 5.79. The number of nitrogens with one attached hydrogen (secondary N) is 1. The minimum absolute atomic E-state index is 0.229. The molecule has 0 spiro atoms. The van der Waals surface area contributed by atoms with E-state index in [4.69, 9.17) is 0 Å². The standard InChI is InChI=1S/C13H20N4O3/c1-3-13(11(18)19)5-7-17(9-13)12(20)14-8-10-4-6-16(2)15-10/h4,6H,3,5,7-9H2,1-2H3,(H,14,20)(H,18,19). The van der Waals surface area contributed by atoms with Crippen LogP contribution in [0.5, 0.6) is 0 Å². The molecule has 0 radical (unpaired) electrons. The zero-order chi connectivity index (χ0) is 14.8. The minimum atomic E-state index is -0.819. The molecule has 110 valence electrons. The maximum Gasteiger partial charge on any atom is 0.317 e. The van der Waals surface area contributed by atoms with Gasteiger partial charge in [0, 0.05) is 26.3 Å². The van der Waals surface area contributed by atoms with Gasteiger partial charge in [-0.3, -0.25) is 9.48 Å². The minimum Gasteiger partial charge on any atom is -0.481 e. The average Bonchev–Trinajstić information content (AvgIpc) is 3.03. The number of carbonyl (C=O) groups excluding carboxylic acids is 1. The maximum absolute atomic E-state index is 12.0. The summed E-state index contributed by atoms with van der Waals surface area (Å²) in [5.41, 5.74) is -0.0115. The molecule has 1 fully saturated rings. The Balaban J connectivity index is 1.90. The number of carboxylic acids is 1. The Morgan fingerprint density at radius 2 is 2.30 bits per heavy atom. The van der Waals surface area contributed by atoms with Crippen molar-refractivity contribution in [3.05, 3.63) is 18.0 Å². The molecule has 2 amide bonds. The van der Waals surface area contributed by atoms with Gasteiger partial charge in [0.1, 0.15) is 0 Å². The predicted molar refractivity (Wildman–Crippen MR) is 72.0 cm³/mol. The molecule has 20 heavy (non-hydrogen) atoms. The Labute approximate surface area is 117 Å². The summed E-state index contributed by atoms with van der Waals surface area (Å²) >= 11 is 0. The van der Waals surface area contributed by atoms with Crippen LogP contribution in [0.1, 0.15) is 25.5 Å². The van der Waals surface area contributed by atoms with Gasteiger partial charge in [-0.25, -0.2) is 4.79 Å². The molecular formula is C13H20N4O3. The van der Waals surface area contributed by atoms with Crippen LogP contribution in [0.2, 0.25) is 0 Å². The van der Waals surface area contributed by atoms with E-state index in [1.165, 1.54) is 0 Å². The number of nitrogens with zero attached hydrogens (tertiary/aromatic N) is 3. The average molecular weight is 280 g/mol. The number of hydrogen-bond donors (Lipinski definition) is 2. The third-order valence-corrected chi connectivity index (χ3v) is 3.96. The summed E-state index contributed by atoms with van der Waals surface area (Å²) in [7, 11) is 1.81. The molecule has 0 aromatic carbocycles. The summed E-state index contributed by atoms with van der Waals surface area (Å²) in [5, 5.41) is 16.2. The van der Waals surface area contributed by atoms with Gasteiger partial charge in [0.15, 0.2) is 0 Å². The summed E-state index contributed by atoms with van der Waals surface area (Å²) in [5.74, 6) is -0.819. The van der Waals surface area contributed by atoms with E-state index in [0.29, 0.717) is 25.9 Å². The number of urea groups is 1. The van der Waals surface area contributed by atoms with E-state index in [2.05, 4.69) is 10.4 Å². The van der Waals surface area contributed by atoms with Crippen molar-refractivity contribution in [2.45, 2.75) is 26.3 Å². The second-order valence-electron chi connectivity index (χ2n) is 5.25. The fourth-order valence-electron chi connectivity index (χ4n) is 2.50. The molecule has 1 aromatic heterocycles. The number of amides is 2. The van der Waals surface area contributed by atoms with Crippen LogP contribution in [0, 0.1) is 5.41 Å². The van der Waals surface area contributed by atoms with E-state index in [-0.39, 0.29) is 12.6 Å². The molecule has 1 aliphatic rings. The Bertz CT molecular complexity index is 513. The number of carbonyl (C=O) groups is 2. The number of hydrogen-bond acceptors (Lipinski definition) is 3. The van der Waals surface area contributed by atoms with Gasteiger partial charge in [0.2, 0.25) is 0 Å². The van der Waals surface area contributed by atoms with Crippen LogP contribution in [-0.4, -0.2) is 44.9 Å². The Kier molecular flexibility index (Phi) is 3.96. The molecule has 2 N–H and O–H groups in total. The van der Waals surface area contributed by atoms with Crippen LogP contribution in [0.15, 0.2) is 12.3 Å². The topological polar surface area (TPSA) is 87.5 Å². The number of likely N-dealkylation sites (tertiary alicyclic amines) is 1. The van der Waals surface area contributed by atoms with Crippen molar-refractivity contribution in [2.75, 3.05) is 13.1 Å². The smallest absolute Gasteiger partial charge is 0.317 e. The van der Waals surface area contributed by atoms with E-state index in [1.807, 2.05) is 26.2 Å². The van der Waals surface area contributed by atoms with Crippen LogP contribution in [0.25, 0.3) is 0 Å². The lowest BCUT2D eigenvalue weighted by atomic mass is 9.84. The zero-order valence-electron chi connectivity index (χ0n) is 11.8. The second kappa shape index (κ2) is 5.52. The van der Waals surface area contributed by atoms with E-state index in [0.717, 1.165) is 5.69 Å². The van der Waals surface area contributed by atoms with E-state index in [1.54, 1.807) is 9.58 Å². The highest BCUT2D eigenvalue weighted by Crippen LogP contribution is 2.34. The molecular weight excluding hydrogens is 260 g/mol. The first-order valence-corrected chi connectivity index (χ1v) is 6.71. The van der Waals surface area contributed by atoms with Crippen LogP contribution in [0.3, 0.4) is 0 Å². The van der Waals surface area contributed by atoms with Crippen molar-refractivity contribution in [2.24, 2.45) is 12.5 Å². The van der Waals surface area contributed by atoms with E-state index in [9.17, 15) is 14.7 Å². The molecule has 1 aliphatic heterocycles. The number of aromatic nitrogens is 2. The fourth-order valence-corrected chi connectivity index (χ4v) is 2.50. The van der Waals surface area contributed by atoms with Crippen molar-refractivity contribution in [1.29, 1.82) is 0 Å². The Hall–Kier alpha value is -2.05. The highest BCUT2D eigenvalue weighted by Gasteiger charge is 2.44. The summed E-state index contributed by atoms with van der Waals surface area (Å²) in [6, 6.07) is 1.60. The van der Waals surface area contributed by atoms with E-state index < -0.39 is 11.4 Å². The first-order chi connectivity index (χ1) is 9.47. The summed E-state index contributed by atoms with van der Waals surface area (Å²) in [6.45, 7) is 2.95. The molecule has 0 aliphatic carbocycles. The lowest BCUT2D eigenvalue weighted by Crippen LogP contribution is -2.41. The van der Waals surface area contributed by atoms with Crippen molar-refractivity contribution in [3.63, 3.8) is 0 Å². The summed E-state index contributed by atoms with van der Waals surface area (Å²) in [4.78, 5) is 24.9. The third kappa shape index (κ3) is 2.76. The van der Waals surface area contributed by atoms with Gasteiger partial charge in [0.05, 0.1) is 17.7 Å². The Morgan fingerprint density at radius 3 is 2.80 bits per heavy atom. The van der Waals surface area contributed by atoms with Crippen molar-refractivity contribution < 1.29 is 14.7 Å². The largest absolute Gasteiger partial charge is 0.481 e. The number of aryl methyl sites for hydroxylation is 1. The van der Waals surface area contributed by atoms with Gasteiger partial charge in [-0.1, -0.05) is 6.92 Å². The summed E-state index contributed by atoms with van der Waals surface area (Å²) < 4.78 is 1.67. The fraction of sp³-hybridized carbons (Fsp3) is 0.615. The summed E-state index contributed by atoms with van der Waals surface area (Å²) in [6.07, 6.45) is 2.85. The Morgan fingerprint density at radius 1 is 1.55 bits per heavy atom. The molecule has 7 heteroatoms. The van der Waals surface area contributed by atoms with Gasteiger partial charge in [0.25, 0.3) is 0 Å². The van der Waals surface area contributed by atoms with E-state index >= 15 is 0 Å². The first-order valence-electron chi connectivity index (χ1n) is 6.71. The lowest BCUT2D eigenvalue weighted by Gasteiger charge is -2.23.